The van der Waals surface area contributed by atoms with Crippen molar-refractivity contribution in [2.24, 2.45) is 11.8 Å². The number of hydrogen-bond donors (Lipinski definition) is 3. The second-order valence-corrected chi connectivity index (χ2v) is 6.12. The monoisotopic (exact) mass is 272 g/mol. The Hall–Kier alpha value is -1.18. The number of hydrazine groups is 1. The standard InChI is InChI=1S/C11H20N4O2S/c1-4-10(8(2)3)15-18(16,17)9-5-6-13-11(7-9)14-12/h5-8,10,15H,4,12H2,1-3H3,(H,13,14). The summed E-state index contributed by atoms with van der Waals surface area (Å²) in [6, 6.07) is 2.75. The maximum absolute atomic E-state index is 12.2. The van der Waals surface area contributed by atoms with Crippen LogP contribution in [0.25, 0.3) is 0 Å². The lowest BCUT2D eigenvalue weighted by molar-refractivity contribution is 0.437. The molecule has 7 heteroatoms. The van der Waals surface area contributed by atoms with Gasteiger partial charge in [-0.1, -0.05) is 20.8 Å². The molecule has 0 saturated heterocycles. The van der Waals surface area contributed by atoms with Gasteiger partial charge in [-0.25, -0.2) is 24.0 Å². The number of nitrogens with two attached hydrogens (primary N) is 1. The minimum Gasteiger partial charge on any atom is -0.308 e. The van der Waals surface area contributed by atoms with Gasteiger partial charge in [0.15, 0.2) is 0 Å². The van der Waals surface area contributed by atoms with Crippen molar-refractivity contribution in [2.45, 2.75) is 38.1 Å². The van der Waals surface area contributed by atoms with Crippen molar-refractivity contribution in [2.75, 3.05) is 5.43 Å². The second kappa shape index (κ2) is 6.12. The number of rotatable bonds is 6. The van der Waals surface area contributed by atoms with Gasteiger partial charge in [-0.3, -0.25) is 0 Å². The molecular formula is C11H20N4O2S. The normalized spacial score (nSPS) is 13.6. The van der Waals surface area contributed by atoms with E-state index < -0.39 is 10.0 Å². The van der Waals surface area contributed by atoms with E-state index in [1.807, 2.05) is 20.8 Å². The number of pyridine rings is 1. The molecule has 0 aliphatic carbocycles. The highest BCUT2D eigenvalue weighted by atomic mass is 32.2. The van der Waals surface area contributed by atoms with E-state index in [0.717, 1.165) is 6.42 Å². The van der Waals surface area contributed by atoms with Crippen LogP contribution in [-0.4, -0.2) is 19.4 Å². The third-order valence-corrected chi connectivity index (χ3v) is 4.23. The van der Waals surface area contributed by atoms with Crippen molar-refractivity contribution in [1.82, 2.24) is 9.71 Å². The number of nitrogens with zero attached hydrogens (tertiary/aromatic N) is 1. The van der Waals surface area contributed by atoms with Crippen molar-refractivity contribution in [3.8, 4) is 0 Å². The highest BCUT2D eigenvalue weighted by Gasteiger charge is 2.21. The lowest BCUT2D eigenvalue weighted by Crippen LogP contribution is -2.38. The summed E-state index contributed by atoms with van der Waals surface area (Å²) in [5, 5.41) is 0. The number of hydrogen-bond acceptors (Lipinski definition) is 5. The minimum atomic E-state index is -3.53. The number of sulfonamides is 1. The van der Waals surface area contributed by atoms with Crippen molar-refractivity contribution in [3.63, 3.8) is 0 Å². The van der Waals surface area contributed by atoms with E-state index >= 15 is 0 Å². The van der Waals surface area contributed by atoms with Gasteiger partial charge in [-0.2, -0.15) is 0 Å². The van der Waals surface area contributed by atoms with Gasteiger partial charge in [-0.15, -0.1) is 0 Å². The maximum atomic E-state index is 12.2. The molecule has 1 rings (SSSR count). The van der Waals surface area contributed by atoms with Crippen LogP contribution < -0.4 is 16.0 Å². The molecule has 1 heterocycles. The molecule has 18 heavy (non-hydrogen) atoms. The van der Waals surface area contributed by atoms with Crippen LogP contribution >= 0.6 is 0 Å². The predicted molar refractivity (Wildman–Crippen MR) is 71.3 cm³/mol. The summed E-state index contributed by atoms with van der Waals surface area (Å²) in [6.07, 6.45) is 2.14. The van der Waals surface area contributed by atoms with Crippen LogP contribution in [0.5, 0.6) is 0 Å². The summed E-state index contributed by atoms with van der Waals surface area (Å²) in [5.74, 6) is 5.76. The van der Waals surface area contributed by atoms with Gasteiger partial charge in [0.05, 0.1) is 4.90 Å². The summed E-state index contributed by atoms with van der Waals surface area (Å²) in [6.45, 7) is 5.92. The van der Waals surface area contributed by atoms with Crippen LogP contribution in [0.15, 0.2) is 23.2 Å². The topological polar surface area (TPSA) is 97.1 Å². The number of aromatic nitrogens is 1. The molecule has 0 aliphatic heterocycles. The fraction of sp³-hybridized carbons (Fsp3) is 0.545. The molecule has 4 N–H and O–H groups in total. The van der Waals surface area contributed by atoms with E-state index in [1.165, 1.54) is 18.3 Å². The predicted octanol–water partition coefficient (Wildman–Crippen LogP) is 1.08. The Bertz CT molecular complexity index is 488. The SMILES string of the molecule is CCC(NS(=O)(=O)c1ccnc(NN)c1)C(C)C. The Kier molecular flexibility index (Phi) is 5.06. The highest BCUT2D eigenvalue weighted by molar-refractivity contribution is 7.89. The summed E-state index contributed by atoms with van der Waals surface area (Å²) in [4.78, 5) is 4.03. The number of nitrogen functional groups attached to an aromatic ring is 1. The molecule has 0 bridgehead atoms. The Labute approximate surface area is 108 Å². The fourth-order valence-corrected chi connectivity index (χ4v) is 3.10. The van der Waals surface area contributed by atoms with Crippen molar-refractivity contribution >= 4 is 15.8 Å². The van der Waals surface area contributed by atoms with Crippen LogP contribution in [0, 0.1) is 5.92 Å². The molecule has 0 spiro atoms. The first-order chi connectivity index (χ1) is 8.40. The molecule has 6 nitrogen and oxygen atoms in total. The maximum Gasteiger partial charge on any atom is 0.241 e. The van der Waals surface area contributed by atoms with Gasteiger partial charge in [0, 0.05) is 18.3 Å². The Balaban J connectivity index is 2.98. The molecule has 1 unspecified atom stereocenters. The van der Waals surface area contributed by atoms with Crippen LogP contribution in [0.4, 0.5) is 5.82 Å². The van der Waals surface area contributed by atoms with Crippen molar-refractivity contribution < 1.29 is 8.42 Å². The molecule has 0 aliphatic rings. The van der Waals surface area contributed by atoms with Gasteiger partial charge >= 0.3 is 0 Å². The molecule has 0 amide bonds. The zero-order valence-electron chi connectivity index (χ0n) is 10.8. The summed E-state index contributed by atoms with van der Waals surface area (Å²) in [7, 11) is -3.53. The average molecular weight is 272 g/mol. The molecule has 1 aromatic rings. The third-order valence-electron chi connectivity index (χ3n) is 2.74. The van der Waals surface area contributed by atoms with Gasteiger partial charge in [0.2, 0.25) is 10.0 Å². The first-order valence-electron chi connectivity index (χ1n) is 5.85. The van der Waals surface area contributed by atoms with Crippen LogP contribution in [0.1, 0.15) is 27.2 Å². The molecule has 102 valence electrons. The van der Waals surface area contributed by atoms with Gasteiger partial charge in [0.25, 0.3) is 0 Å². The number of nitrogens with one attached hydrogen (secondary N) is 2. The van der Waals surface area contributed by atoms with E-state index in [1.54, 1.807) is 0 Å². The summed E-state index contributed by atoms with van der Waals surface area (Å²) >= 11 is 0. The zero-order chi connectivity index (χ0) is 13.8. The van der Waals surface area contributed by atoms with Gasteiger partial charge in [-0.05, 0) is 18.4 Å². The molecule has 0 aromatic carbocycles. The van der Waals surface area contributed by atoms with E-state index in [-0.39, 0.29) is 16.9 Å². The van der Waals surface area contributed by atoms with E-state index in [0.29, 0.717) is 5.82 Å². The second-order valence-electron chi connectivity index (χ2n) is 4.40. The molecule has 0 fully saturated rings. The van der Waals surface area contributed by atoms with E-state index in [2.05, 4.69) is 15.1 Å². The lowest BCUT2D eigenvalue weighted by Gasteiger charge is -2.20. The van der Waals surface area contributed by atoms with E-state index in [9.17, 15) is 8.42 Å². The summed E-state index contributed by atoms with van der Waals surface area (Å²) < 4.78 is 27.0. The van der Waals surface area contributed by atoms with E-state index in [4.69, 9.17) is 5.84 Å². The third kappa shape index (κ3) is 3.66. The van der Waals surface area contributed by atoms with Crippen molar-refractivity contribution in [1.29, 1.82) is 0 Å². The van der Waals surface area contributed by atoms with Gasteiger partial charge in [0.1, 0.15) is 5.82 Å². The van der Waals surface area contributed by atoms with Gasteiger partial charge < -0.3 is 5.43 Å². The molecular weight excluding hydrogens is 252 g/mol. The molecule has 1 atom stereocenters. The Morgan fingerprint density at radius 2 is 2.11 bits per heavy atom. The largest absolute Gasteiger partial charge is 0.308 e. The first-order valence-corrected chi connectivity index (χ1v) is 7.34. The lowest BCUT2D eigenvalue weighted by atomic mass is 10.0. The Morgan fingerprint density at radius 1 is 1.44 bits per heavy atom. The quantitative estimate of drug-likeness (QED) is 0.532. The summed E-state index contributed by atoms with van der Waals surface area (Å²) in [5.41, 5.74) is 2.33. The van der Waals surface area contributed by atoms with Crippen LogP contribution in [0.3, 0.4) is 0 Å². The first kappa shape index (κ1) is 14.9. The van der Waals surface area contributed by atoms with Crippen molar-refractivity contribution in [3.05, 3.63) is 18.3 Å². The molecule has 0 saturated carbocycles. The number of anilines is 1. The molecule has 1 aromatic heterocycles. The fourth-order valence-electron chi connectivity index (χ4n) is 1.62. The zero-order valence-corrected chi connectivity index (χ0v) is 11.7. The Morgan fingerprint density at radius 3 is 2.61 bits per heavy atom. The smallest absolute Gasteiger partial charge is 0.241 e. The average Bonchev–Trinajstić information content (AvgIpc) is 2.35. The van der Waals surface area contributed by atoms with Crippen LogP contribution in [0.2, 0.25) is 0 Å². The van der Waals surface area contributed by atoms with Crippen LogP contribution in [-0.2, 0) is 10.0 Å². The minimum absolute atomic E-state index is 0.0857. The molecule has 0 radical (unpaired) electrons. The highest BCUT2D eigenvalue weighted by Crippen LogP contribution is 2.15.